The molecule has 0 heterocycles. The third-order valence-corrected chi connectivity index (χ3v) is 5.72. The van der Waals surface area contributed by atoms with Crippen LogP contribution in [0.3, 0.4) is 0 Å². The highest BCUT2D eigenvalue weighted by Gasteiger charge is 2.24. The van der Waals surface area contributed by atoms with Crippen molar-refractivity contribution in [1.29, 1.82) is 0 Å². The van der Waals surface area contributed by atoms with Gasteiger partial charge in [-0.3, -0.25) is 4.79 Å². The second-order valence-electron chi connectivity index (χ2n) is 6.13. The second kappa shape index (κ2) is 9.64. The Morgan fingerprint density at radius 2 is 2.04 bits per heavy atom. The first-order valence-corrected chi connectivity index (χ1v) is 10.1. The van der Waals surface area contributed by atoms with E-state index in [1.807, 2.05) is 12.2 Å². The molecule has 7 heteroatoms. The van der Waals surface area contributed by atoms with Gasteiger partial charge in [-0.05, 0) is 56.4 Å². The summed E-state index contributed by atoms with van der Waals surface area (Å²) in [7, 11) is -2.31. The number of methoxy groups -OCH3 is 1. The zero-order valence-corrected chi connectivity index (χ0v) is 15.6. The van der Waals surface area contributed by atoms with Crippen LogP contribution >= 0.6 is 0 Å². The molecule has 0 aliphatic heterocycles. The van der Waals surface area contributed by atoms with Crippen LogP contribution < -0.4 is 4.72 Å². The van der Waals surface area contributed by atoms with E-state index >= 15 is 0 Å². The Bertz CT molecular complexity index is 769. The highest BCUT2D eigenvalue weighted by molar-refractivity contribution is 7.89. The Morgan fingerprint density at radius 1 is 1.31 bits per heavy atom. The standard InChI is InChI=1S/C19H24FNO4S/c1-25-19(22)10-5-3-2-4-7-15-8-6-9-18(15)21-26(23,24)17-13-11-16(20)12-14-17/h2,4,8,11-14,18,21H,3,5-7,9-10H2,1H3/b4-2-. The van der Waals surface area contributed by atoms with E-state index < -0.39 is 15.8 Å². The zero-order chi connectivity index (χ0) is 19.0. The van der Waals surface area contributed by atoms with E-state index in [2.05, 4.69) is 15.5 Å². The van der Waals surface area contributed by atoms with Crippen molar-refractivity contribution in [3.8, 4) is 0 Å². The van der Waals surface area contributed by atoms with Gasteiger partial charge >= 0.3 is 5.97 Å². The Hall–Kier alpha value is -1.99. The molecule has 26 heavy (non-hydrogen) atoms. The van der Waals surface area contributed by atoms with Gasteiger partial charge in [-0.1, -0.05) is 23.8 Å². The fraction of sp³-hybridized carbons (Fsp3) is 0.421. The normalized spacial score (nSPS) is 17.5. The summed E-state index contributed by atoms with van der Waals surface area (Å²) in [6, 6.07) is 4.55. The Kier molecular flexibility index (Phi) is 7.53. The Balaban J connectivity index is 1.85. The van der Waals surface area contributed by atoms with Crippen molar-refractivity contribution < 1.29 is 22.3 Å². The lowest BCUT2D eigenvalue weighted by Crippen LogP contribution is -2.34. The summed E-state index contributed by atoms with van der Waals surface area (Å²) < 4.78 is 45.1. The first-order valence-electron chi connectivity index (χ1n) is 8.61. The summed E-state index contributed by atoms with van der Waals surface area (Å²) in [5.41, 5.74) is 1.03. The zero-order valence-electron chi connectivity index (χ0n) is 14.8. The monoisotopic (exact) mass is 381 g/mol. The number of ether oxygens (including phenoxy) is 1. The molecular formula is C19H24FNO4S. The molecule has 142 valence electrons. The molecular weight excluding hydrogens is 357 g/mol. The van der Waals surface area contributed by atoms with Gasteiger partial charge in [0.25, 0.3) is 0 Å². The van der Waals surface area contributed by atoms with Crippen molar-refractivity contribution >= 4 is 16.0 Å². The number of hydrogen-bond acceptors (Lipinski definition) is 4. The molecule has 2 rings (SSSR count). The van der Waals surface area contributed by atoms with Crippen molar-refractivity contribution in [3.05, 3.63) is 53.9 Å². The highest BCUT2D eigenvalue weighted by atomic mass is 32.2. The predicted octanol–water partition coefficient (Wildman–Crippen LogP) is 3.48. The minimum absolute atomic E-state index is 0.0588. The van der Waals surface area contributed by atoms with Crippen LogP contribution in [0.15, 0.2) is 53.0 Å². The molecule has 0 radical (unpaired) electrons. The molecule has 5 nitrogen and oxygen atoms in total. The summed E-state index contributed by atoms with van der Waals surface area (Å²) in [4.78, 5) is 11.1. The fourth-order valence-electron chi connectivity index (χ4n) is 2.80. The molecule has 0 amide bonds. The van der Waals surface area contributed by atoms with Gasteiger partial charge in [0, 0.05) is 12.5 Å². The number of unbranched alkanes of at least 4 members (excludes halogenated alkanes) is 1. The molecule has 1 aromatic carbocycles. The van der Waals surface area contributed by atoms with E-state index in [1.54, 1.807) is 0 Å². The summed E-state index contributed by atoms with van der Waals surface area (Å²) in [6.07, 6.45) is 10.1. The van der Waals surface area contributed by atoms with Crippen LogP contribution in [0.2, 0.25) is 0 Å². The van der Waals surface area contributed by atoms with Gasteiger partial charge in [0.15, 0.2) is 0 Å². The summed E-state index contributed by atoms with van der Waals surface area (Å²) in [6.45, 7) is 0. The van der Waals surface area contributed by atoms with Crippen molar-refractivity contribution in [1.82, 2.24) is 4.72 Å². The lowest BCUT2D eigenvalue weighted by Gasteiger charge is -2.16. The number of allylic oxidation sites excluding steroid dienone is 3. The maximum atomic E-state index is 13.0. The van der Waals surface area contributed by atoms with Crippen molar-refractivity contribution in [2.24, 2.45) is 0 Å². The van der Waals surface area contributed by atoms with Crippen molar-refractivity contribution in [2.75, 3.05) is 7.11 Å². The van der Waals surface area contributed by atoms with Crippen molar-refractivity contribution in [2.45, 2.75) is 49.5 Å². The Morgan fingerprint density at radius 3 is 2.73 bits per heavy atom. The van der Waals surface area contributed by atoms with Gasteiger partial charge in [-0.2, -0.15) is 0 Å². The van der Waals surface area contributed by atoms with Gasteiger partial charge < -0.3 is 4.74 Å². The third-order valence-electron chi connectivity index (χ3n) is 4.23. The van der Waals surface area contributed by atoms with E-state index in [1.165, 1.54) is 19.2 Å². The highest BCUT2D eigenvalue weighted by Crippen LogP contribution is 2.24. The molecule has 0 spiro atoms. The molecule has 0 aromatic heterocycles. The number of sulfonamides is 1. The van der Waals surface area contributed by atoms with Crippen molar-refractivity contribution in [3.63, 3.8) is 0 Å². The smallest absolute Gasteiger partial charge is 0.305 e. The molecule has 1 aliphatic rings. The number of halogens is 1. The van der Waals surface area contributed by atoms with Gasteiger partial charge in [0.1, 0.15) is 5.82 Å². The third kappa shape index (κ3) is 6.07. The van der Waals surface area contributed by atoms with Crippen LogP contribution in [0.4, 0.5) is 4.39 Å². The van der Waals surface area contributed by atoms with E-state index in [0.717, 1.165) is 37.0 Å². The number of esters is 1. The van der Waals surface area contributed by atoms with Gasteiger partial charge in [0.05, 0.1) is 12.0 Å². The SMILES string of the molecule is COC(=O)CCC/C=C\CC1=CCCC1NS(=O)(=O)c1ccc(F)cc1. The maximum absolute atomic E-state index is 13.0. The average Bonchev–Trinajstić information content (AvgIpc) is 3.04. The Labute approximate surface area is 154 Å². The number of nitrogens with one attached hydrogen (secondary N) is 1. The van der Waals surface area contributed by atoms with Gasteiger partial charge in [-0.25, -0.2) is 17.5 Å². The molecule has 0 fully saturated rings. The molecule has 0 saturated carbocycles. The van der Waals surface area contributed by atoms with E-state index in [0.29, 0.717) is 19.3 Å². The molecule has 1 N–H and O–H groups in total. The van der Waals surface area contributed by atoms with Crippen LogP contribution in [0, 0.1) is 5.82 Å². The maximum Gasteiger partial charge on any atom is 0.305 e. The molecule has 0 saturated heterocycles. The first-order chi connectivity index (χ1) is 12.4. The van der Waals surface area contributed by atoms with Crippen LogP contribution in [0.1, 0.15) is 38.5 Å². The lowest BCUT2D eigenvalue weighted by atomic mass is 10.1. The summed E-state index contributed by atoms with van der Waals surface area (Å²) in [5.74, 6) is -0.685. The van der Waals surface area contributed by atoms with Crippen LogP contribution in [0.25, 0.3) is 0 Å². The number of carbonyl (C=O) groups is 1. The van der Waals surface area contributed by atoms with E-state index in [9.17, 15) is 17.6 Å². The number of carbonyl (C=O) groups excluding carboxylic acids is 1. The largest absolute Gasteiger partial charge is 0.469 e. The second-order valence-corrected chi connectivity index (χ2v) is 7.84. The quantitative estimate of drug-likeness (QED) is 0.404. The molecule has 1 aliphatic carbocycles. The van der Waals surface area contributed by atoms with Crippen LogP contribution in [0.5, 0.6) is 0 Å². The molecule has 1 atom stereocenters. The van der Waals surface area contributed by atoms with E-state index in [-0.39, 0.29) is 16.9 Å². The predicted molar refractivity (Wildman–Crippen MR) is 97.5 cm³/mol. The lowest BCUT2D eigenvalue weighted by molar-refractivity contribution is -0.140. The number of rotatable bonds is 9. The molecule has 1 aromatic rings. The summed E-state index contributed by atoms with van der Waals surface area (Å²) in [5, 5.41) is 0. The number of hydrogen-bond donors (Lipinski definition) is 1. The molecule has 1 unspecified atom stereocenters. The first kappa shape index (κ1) is 20.3. The summed E-state index contributed by atoms with van der Waals surface area (Å²) >= 11 is 0. The number of benzene rings is 1. The molecule has 0 bridgehead atoms. The topological polar surface area (TPSA) is 72.5 Å². The fourth-order valence-corrected chi connectivity index (χ4v) is 4.07. The van der Waals surface area contributed by atoms with E-state index in [4.69, 9.17) is 0 Å². The minimum atomic E-state index is -3.68. The van der Waals surface area contributed by atoms with Gasteiger partial charge in [-0.15, -0.1) is 0 Å². The van der Waals surface area contributed by atoms with Crippen LogP contribution in [-0.2, 0) is 19.6 Å². The van der Waals surface area contributed by atoms with Crippen LogP contribution in [-0.4, -0.2) is 27.5 Å². The minimum Gasteiger partial charge on any atom is -0.469 e. The average molecular weight is 381 g/mol. The van der Waals surface area contributed by atoms with Gasteiger partial charge in [0.2, 0.25) is 10.0 Å².